The fraction of sp³-hybridized carbons (Fsp3) is 0.304. The van der Waals surface area contributed by atoms with Crippen molar-refractivity contribution in [3.05, 3.63) is 59.3 Å². The van der Waals surface area contributed by atoms with Gasteiger partial charge in [-0.05, 0) is 57.0 Å². The highest BCUT2D eigenvalue weighted by Crippen LogP contribution is 2.30. The molecule has 0 aliphatic heterocycles. The molecule has 2 aromatic carbocycles. The van der Waals surface area contributed by atoms with Crippen molar-refractivity contribution in [3.8, 4) is 11.5 Å². The number of hydrogen-bond acceptors (Lipinski definition) is 4. The first-order valence-corrected chi connectivity index (χ1v) is 9.57. The lowest BCUT2D eigenvalue weighted by atomic mass is 9.99. The average Bonchev–Trinajstić information content (AvgIpc) is 2.67. The molecule has 1 amide bonds. The Morgan fingerprint density at radius 2 is 1.79 bits per heavy atom. The van der Waals surface area contributed by atoms with Crippen LogP contribution in [-0.2, 0) is 11.2 Å². The normalized spacial score (nSPS) is 10.7. The Morgan fingerprint density at radius 1 is 1.04 bits per heavy atom. The molecule has 0 fully saturated rings. The Labute approximate surface area is 165 Å². The van der Waals surface area contributed by atoms with E-state index in [4.69, 9.17) is 9.47 Å². The number of pyridine rings is 1. The maximum atomic E-state index is 12.8. The van der Waals surface area contributed by atoms with E-state index in [-0.39, 0.29) is 12.3 Å². The molecule has 0 radical (unpaired) electrons. The number of nitrogens with zero attached hydrogens (tertiary/aromatic N) is 1. The van der Waals surface area contributed by atoms with Gasteiger partial charge in [-0.2, -0.15) is 0 Å². The quantitative estimate of drug-likeness (QED) is 0.640. The van der Waals surface area contributed by atoms with Crippen molar-refractivity contribution >= 4 is 22.5 Å². The van der Waals surface area contributed by atoms with E-state index in [0.717, 1.165) is 27.7 Å². The summed E-state index contributed by atoms with van der Waals surface area (Å²) in [7, 11) is 0. The molecule has 146 valence electrons. The fourth-order valence-corrected chi connectivity index (χ4v) is 3.33. The minimum absolute atomic E-state index is 0.113. The number of aryl methyl sites for hydroxylation is 2. The summed E-state index contributed by atoms with van der Waals surface area (Å²) >= 11 is 0. The highest BCUT2D eigenvalue weighted by Gasteiger charge is 2.15. The summed E-state index contributed by atoms with van der Waals surface area (Å²) in [5, 5.41) is 4.05. The molecule has 0 aliphatic carbocycles. The SMILES string of the molecule is CCOc1ccc(OCC)c(NC(=O)Cc2c(C)nc3ccccc3c2C)c1. The molecule has 0 atom stereocenters. The fourth-order valence-electron chi connectivity index (χ4n) is 3.33. The summed E-state index contributed by atoms with van der Waals surface area (Å²) in [6.45, 7) is 8.90. The van der Waals surface area contributed by atoms with E-state index in [1.165, 1.54) is 0 Å². The van der Waals surface area contributed by atoms with Gasteiger partial charge >= 0.3 is 0 Å². The van der Waals surface area contributed by atoms with Gasteiger partial charge in [0.05, 0.1) is 30.8 Å². The number of para-hydroxylation sites is 1. The van der Waals surface area contributed by atoms with Crippen molar-refractivity contribution in [2.75, 3.05) is 18.5 Å². The molecule has 5 nitrogen and oxygen atoms in total. The second-order valence-electron chi connectivity index (χ2n) is 6.57. The van der Waals surface area contributed by atoms with Crippen LogP contribution in [-0.4, -0.2) is 24.1 Å². The lowest BCUT2D eigenvalue weighted by Gasteiger charge is -2.15. The van der Waals surface area contributed by atoms with Crippen LogP contribution in [0.25, 0.3) is 10.9 Å². The van der Waals surface area contributed by atoms with E-state index < -0.39 is 0 Å². The molecule has 1 heterocycles. The second kappa shape index (κ2) is 8.74. The molecule has 0 saturated carbocycles. The number of nitrogens with one attached hydrogen (secondary N) is 1. The van der Waals surface area contributed by atoms with Crippen LogP contribution in [0.3, 0.4) is 0 Å². The maximum absolute atomic E-state index is 12.8. The molecule has 1 N–H and O–H groups in total. The number of aromatic nitrogens is 1. The van der Waals surface area contributed by atoms with Crippen LogP contribution in [0.4, 0.5) is 5.69 Å². The van der Waals surface area contributed by atoms with Gasteiger partial charge in [0.15, 0.2) is 0 Å². The number of rotatable bonds is 7. The van der Waals surface area contributed by atoms with Gasteiger partial charge in [-0.15, -0.1) is 0 Å². The van der Waals surface area contributed by atoms with Crippen LogP contribution in [0, 0.1) is 13.8 Å². The zero-order valence-corrected chi connectivity index (χ0v) is 16.8. The number of benzene rings is 2. The molecule has 5 heteroatoms. The minimum Gasteiger partial charge on any atom is -0.494 e. The predicted octanol–water partition coefficient (Wildman–Crippen LogP) is 4.83. The number of fused-ring (bicyclic) bond motifs is 1. The summed E-state index contributed by atoms with van der Waals surface area (Å²) in [6, 6.07) is 13.4. The first-order chi connectivity index (χ1) is 13.5. The number of hydrogen-bond donors (Lipinski definition) is 1. The summed E-state index contributed by atoms with van der Waals surface area (Å²) in [6.07, 6.45) is 0.250. The third-order valence-corrected chi connectivity index (χ3v) is 4.66. The zero-order chi connectivity index (χ0) is 20.1. The Hall–Kier alpha value is -3.08. The highest BCUT2D eigenvalue weighted by atomic mass is 16.5. The van der Waals surface area contributed by atoms with E-state index in [1.807, 2.05) is 64.1 Å². The third kappa shape index (κ3) is 4.25. The number of carbonyl (C=O) groups is 1. The standard InChI is InChI=1S/C23H26N2O3/c1-5-27-17-11-12-22(28-6-2)21(13-17)25-23(26)14-19-15(3)18-9-7-8-10-20(18)24-16(19)4/h7-13H,5-6,14H2,1-4H3,(H,25,26). The third-order valence-electron chi connectivity index (χ3n) is 4.66. The smallest absolute Gasteiger partial charge is 0.228 e. The van der Waals surface area contributed by atoms with Crippen molar-refractivity contribution < 1.29 is 14.3 Å². The van der Waals surface area contributed by atoms with Gasteiger partial charge in [0, 0.05) is 17.1 Å². The van der Waals surface area contributed by atoms with Crippen LogP contribution in [0.5, 0.6) is 11.5 Å². The van der Waals surface area contributed by atoms with Crippen molar-refractivity contribution in [1.29, 1.82) is 0 Å². The molecule has 0 aliphatic rings. The van der Waals surface area contributed by atoms with Gasteiger partial charge in [-0.25, -0.2) is 0 Å². The summed E-state index contributed by atoms with van der Waals surface area (Å²) in [4.78, 5) is 17.5. The molecule has 3 aromatic rings. The van der Waals surface area contributed by atoms with Gasteiger partial charge in [0.1, 0.15) is 11.5 Å². The Kier molecular flexibility index (Phi) is 6.14. The minimum atomic E-state index is -0.113. The topological polar surface area (TPSA) is 60.5 Å². The Morgan fingerprint density at radius 3 is 2.54 bits per heavy atom. The van der Waals surface area contributed by atoms with Gasteiger partial charge in [0.25, 0.3) is 0 Å². The number of amides is 1. The van der Waals surface area contributed by atoms with E-state index >= 15 is 0 Å². The molecular weight excluding hydrogens is 352 g/mol. The largest absolute Gasteiger partial charge is 0.494 e. The van der Waals surface area contributed by atoms with Crippen molar-refractivity contribution in [3.63, 3.8) is 0 Å². The van der Waals surface area contributed by atoms with Crippen LogP contribution in [0.15, 0.2) is 42.5 Å². The first kappa shape index (κ1) is 19.7. The van der Waals surface area contributed by atoms with Gasteiger partial charge in [0.2, 0.25) is 5.91 Å². The zero-order valence-electron chi connectivity index (χ0n) is 16.8. The van der Waals surface area contributed by atoms with E-state index in [9.17, 15) is 4.79 Å². The van der Waals surface area contributed by atoms with Crippen molar-refractivity contribution in [2.45, 2.75) is 34.1 Å². The van der Waals surface area contributed by atoms with Crippen molar-refractivity contribution in [1.82, 2.24) is 4.98 Å². The Bertz CT molecular complexity index is 999. The first-order valence-electron chi connectivity index (χ1n) is 9.57. The molecule has 1 aromatic heterocycles. The molecular formula is C23H26N2O3. The van der Waals surface area contributed by atoms with Crippen LogP contribution in [0.2, 0.25) is 0 Å². The van der Waals surface area contributed by atoms with E-state index in [2.05, 4.69) is 10.3 Å². The maximum Gasteiger partial charge on any atom is 0.228 e. The number of carbonyl (C=O) groups excluding carboxylic acids is 1. The monoisotopic (exact) mass is 378 g/mol. The Balaban J connectivity index is 1.86. The molecule has 28 heavy (non-hydrogen) atoms. The number of ether oxygens (including phenoxy) is 2. The van der Waals surface area contributed by atoms with E-state index in [0.29, 0.717) is 30.4 Å². The molecule has 0 spiro atoms. The van der Waals surface area contributed by atoms with E-state index in [1.54, 1.807) is 6.07 Å². The number of anilines is 1. The second-order valence-corrected chi connectivity index (χ2v) is 6.57. The highest BCUT2D eigenvalue weighted by molar-refractivity contribution is 5.95. The van der Waals surface area contributed by atoms with Crippen LogP contribution >= 0.6 is 0 Å². The molecule has 0 saturated heterocycles. The van der Waals surface area contributed by atoms with Gasteiger partial charge in [-0.3, -0.25) is 9.78 Å². The van der Waals surface area contributed by atoms with Gasteiger partial charge < -0.3 is 14.8 Å². The summed E-state index contributed by atoms with van der Waals surface area (Å²) < 4.78 is 11.2. The molecule has 3 rings (SSSR count). The average molecular weight is 378 g/mol. The lowest BCUT2D eigenvalue weighted by molar-refractivity contribution is -0.115. The molecule has 0 unspecified atom stereocenters. The van der Waals surface area contributed by atoms with Gasteiger partial charge in [-0.1, -0.05) is 18.2 Å². The summed E-state index contributed by atoms with van der Waals surface area (Å²) in [5.41, 5.74) is 4.48. The van der Waals surface area contributed by atoms with Crippen LogP contribution < -0.4 is 14.8 Å². The molecule has 0 bridgehead atoms. The van der Waals surface area contributed by atoms with Crippen molar-refractivity contribution in [2.24, 2.45) is 0 Å². The summed E-state index contributed by atoms with van der Waals surface area (Å²) in [5.74, 6) is 1.21. The predicted molar refractivity (Wildman–Crippen MR) is 112 cm³/mol. The van der Waals surface area contributed by atoms with Crippen LogP contribution in [0.1, 0.15) is 30.7 Å². The lowest BCUT2D eigenvalue weighted by Crippen LogP contribution is -2.17.